The molecule has 0 saturated carbocycles. The number of hydrogen-bond donors (Lipinski definition) is 0. The quantitative estimate of drug-likeness (QED) is 0.219. The molecule has 0 bridgehead atoms. The fourth-order valence-electron chi connectivity index (χ4n) is 2.09. The smallest absolute Gasteiger partial charge is 0.00462 e. The lowest BCUT2D eigenvalue weighted by molar-refractivity contribution is 0.702. The van der Waals surface area contributed by atoms with Crippen molar-refractivity contribution in [3.05, 3.63) is 96.1 Å². The minimum atomic E-state index is 1.00. The Balaban J connectivity index is 0. The fourth-order valence-corrected chi connectivity index (χ4v) is 2.36. The van der Waals surface area contributed by atoms with Crippen LogP contribution in [0.1, 0.15) is 59.3 Å². The second-order valence-corrected chi connectivity index (χ2v) is 6.79. The number of unbranched alkanes of at least 4 members (excludes halogenated alkanes) is 2. The van der Waals surface area contributed by atoms with Gasteiger partial charge in [-0.25, -0.2) is 0 Å². The van der Waals surface area contributed by atoms with Crippen molar-refractivity contribution < 1.29 is 0 Å². The van der Waals surface area contributed by atoms with Crippen molar-refractivity contribution in [1.82, 2.24) is 0 Å². The Bertz CT molecular complexity index is 539. The monoisotopic (exact) mass is 416 g/mol. The zero-order chi connectivity index (χ0) is 20.2. The largest absolute Gasteiger partial charge is 0.0990 e. The van der Waals surface area contributed by atoms with Crippen LogP contribution in [0.3, 0.4) is 0 Å². The first-order valence-corrected chi connectivity index (χ1v) is 10.3. The molecule has 1 heteroatoms. The molecule has 0 unspecified atom stereocenters. The second-order valence-electron chi connectivity index (χ2n) is 5.77. The maximum Gasteiger partial charge on any atom is -0.00462 e. The summed E-state index contributed by atoms with van der Waals surface area (Å²) in [5, 5.41) is 0. The van der Waals surface area contributed by atoms with Gasteiger partial charge in [0.15, 0.2) is 0 Å². The molecule has 0 aliphatic heterocycles. The van der Waals surface area contributed by atoms with Crippen LogP contribution >= 0.6 is 15.9 Å². The molecular weight excluding hydrogens is 380 g/mol. The first-order valence-electron chi connectivity index (χ1n) is 9.48. The Hall–Kier alpha value is -1.60. The zero-order valence-electron chi connectivity index (χ0n) is 17.1. The predicted molar refractivity (Wildman–Crippen MR) is 127 cm³/mol. The number of halogens is 1. The average molecular weight is 417 g/mol. The first kappa shape index (κ1) is 26.6. The lowest BCUT2D eigenvalue weighted by Gasteiger charge is -2.04. The lowest BCUT2D eigenvalue weighted by Crippen LogP contribution is -1.84. The van der Waals surface area contributed by atoms with Gasteiger partial charge in [-0.3, -0.25) is 0 Å². The van der Waals surface area contributed by atoms with Crippen molar-refractivity contribution in [2.24, 2.45) is 0 Å². The van der Waals surface area contributed by atoms with Crippen molar-refractivity contribution in [2.45, 2.75) is 59.3 Å². The van der Waals surface area contributed by atoms with Gasteiger partial charge < -0.3 is 0 Å². The van der Waals surface area contributed by atoms with Crippen LogP contribution in [0.15, 0.2) is 96.1 Å². The molecule has 0 aliphatic rings. The highest BCUT2D eigenvalue weighted by molar-refractivity contribution is 9.11. The van der Waals surface area contributed by atoms with Gasteiger partial charge in [-0.05, 0) is 47.4 Å². The van der Waals surface area contributed by atoms with Crippen LogP contribution in [0, 0.1) is 0 Å². The average Bonchev–Trinajstić information content (AvgIpc) is 2.66. The summed E-state index contributed by atoms with van der Waals surface area (Å²) < 4.78 is 1.17. The minimum Gasteiger partial charge on any atom is -0.0990 e. The summed E-state index contributed by atoms with van der Waals surface area (Å²) in [4.78, 5) is 0. The van der Waals surface area contributed by atoms with Gasteiger partial charge in [0.25, 0.3) is 0 Å². The molecule has 0 nitrogen and oxygen atoms in total. The third-order valence-electron chi connectivity index (χ3n) is 3.68. The molecule has 0 aliphatic carbocycles. The molecule has 0 radical (unpaired) electrons. The summed E-state index contributed by atoms with van der Waals surface area (Å²) in [6.45, 7) is 21.4. The standard InChI is InChI=1S/C15H24.C10H13Br/c1-5-9-10-12-15(8-4)13-14(7-3)11-6-2;1-4-7-9(5-2)8-10(11)6-3/h6-7,11,13H,2-3,5,8-10,12H2,1,4H3;4-5,7-8H,1-2,6H2,3H3/b14-11+,15-13-;9-7+,10-8-. The molecule has 144 valence electrons. The summed E-state index contributed by atoms with van der Waals surface area (Å²) in [7, 11) is 0. The van der Waals surface area contributed by atoms with Crippen molar-refractivity contribution in [3.8, 4) is 0 Å². The molecule has 0 fully saturated rings. The topological polar surface area (TPSA) is 0 Å². The molecular formula is C25H37Br. The Kier molecular flexibility index (Phi) is 20.2. The van der Waals surface area contributed by atoms with Gasteiger partial charge in [-0.2, -0.15) is 0 Å². The molecule has 0 atom stereocenters. The Labute approximate surface area is 171 Å². The maximum absolute atomic E-state index is 3.80. The molecule has 0 spiro atoms. The van der Waals surface area contributed by atoms with E-state index in [4.69, 9.17) is 0 Å². The Morgan fingerprint density at radius 3 is 1.69 bits per heavy atom. The maximum atomic E-state index is 3.80. The highest BCUT2D eigenvalue weighted by Crippen LogP contribution is 2.15. The molecule has 0 aromatic heterocycles. The molecule has 0 saturated heterocycles. The van der Waals surface area contributed by atoms with Crippen LogP contribution in [0.5, 0.6) is 0 Å². The van der Waals surface area contributed by atoms with Gasteiger partial charge in [0.05, 0.1) is 0 Å². The van der Waals surface area contributed by atoms with Gasteiger partial charge in [0.2, 0.25) is 0 Å². The van der Waals surface area contributed by atoms with E-state index in [1.54, 1.807) is 12.2 Å². The summed E-state index contributed by atoms with van der Waals surface area (Å²) >= 11 is 3.43. The van der Waals surface area contributed by atoms with Crippen LogP contribution in [0.2, 0.25) is 0 Å². The van der Waals surface area contributed by atoms with Gasteiger partial charge in [0, 0.05) is 0 Å². The number of hydrogen-bond acceptors (Lipinski definition) is 0. The van der Waals surface area contributed by atoms with E-state index in [-0.39, 0.29) is 0 Å². The van der Waals surface area contributed by atoms with Gasteiger partial charge in [-0.15, -0.1) is 0 Å². The third-order valence-corrected chi connectivity index (χ3v) is 4.47. The van der Waals surface area contributed by atoms with E-state index < -0.39 is 0 Å². The molecule has 0 N–H and O–H groups in total. The highest BCUT2D eigenvalue weighted by atomic mass is 79.9. The third kappa shape index (κ3) is 15.9. The molecule has 26 heavy (non-hydrogen) atoms. The van der Waals surface area contributed by atoms with Crippen molar-refractivity contribution in [1.29, 1.82) is 0 Å². The van der Waals surface area contributed by atoms with Crippen molar-refractivity contribution in [3.63, 3.8) is 0 Å². The van der Waals surface area contributed by atoms with Crippen LogP contribution in [-0.2, 0) is 0 Å². The predicted octanol–water partition coefficient (Wildman–Crippen LogP) is 9.18. The van der Waals surface area contributed by atoms with Crippen LogP contribution in [0.25, 0.3) is 0 Å². The fraction of sp³-hybridized carbons (Fsp3) is 0.360. The van der Waals surface area contributed by atoms with Gasteiger partial charge in [0.1, 0.15) is 0 Å². The first-order chi connectivity index (χ1) is 12.5. The lowest BCUT2D eigenvalue weighted by atomic mass is 10.0. The van der Waals surface area contributed by atoms with Gasteiger partial charge in [-0.1, -0.05) is 124 Å². The summed E-state index contributed by atoms with van der Waals surface area (Å²) in [5.74, 6) is 0. The molecule has 0 heterocycles. The van der Waals surface area contributed by atoms with E-state index in [9.17, 15) is 0 Å². The van der Waals surface area contributed by atoms with E-state index in [2.05, 4.69) is 69.1 Å². The number of allylic oxidation sites excluding steroid dienone is 12. The summed E-state index contributed by atoms with van der Waals surface area (Å²) in [5.41, 5.74) is 3.75. The SMILES string of the molecule is C=C/C=C(C=C)/C=C(/CC)CCCCC.C=C/C=C(C=C)/C=C(\Br)CC. The van der Waals surface area contributed by atoms with Crippen LogP contribution < -0.4 is 0 Å². The van der Waals surface area contributed by atoms with E-state index >= 15 is 0 Å². The Morgan fingerprint density at radius 1 is 0.769 bits per heavy atom. The molecule has 0 amide bonds. The number of rotatable bonds is 12. The molecule has 0 aromatic carbocycles. The van der Waals surface area contributed by atoms with E-state index in [0.29, 0.717) is 0 Å². The Morgan fingerprint density at radius 2 is 1.31 bits per heavy atom. The minimum absolute atomic E-state index is 1.00. The van der Waals surface area contributed by atoms with Gasteiger partial charge >= 0.3 is 0 Å². The van der Waals surface area contributed by atoms with Crippen LogP contribution in [0.4, 0.5) is 0 Å². The van der Waals surface area contributed by atoms with E-state index in [1.807, 2.05) is 30.4 Å². The highest BCUT2D eigenvalue weighted by Gasteiger charge is 1.95. The normalized spacial score (nSPS) is 12.8. The molecule has 0 aromatic rings. The van der Waals surface area contributed by atoms with Crippen molar-refractivity contribution >= 4 is 15.9 Å². The van der Waals surface area contributed by atoms with E-state index in [0.717, 1.165) is 18.4 Å². The zero-order valence-corrected chi connectivity index (χ0v) is 18.7. The van der Waals surface area contributed by atoms with E-state index in [1.165, 1.54) is 41.3 Å². The second kappa shape index (κ2) is 19.7. The summed E-state index contributed by atoms with van der Waals surface area (Å²) in [6, 6.07) is 0. The summed E-state index contributed by atoms with van der Waals surface area (Å²) in [6.07, 6.45) is 22.7. The van der Waals surface area contributed by atoms with Crippen LogP contribution in [-0.4, -0.2) is 0 Å². The van der Waals surface area contributed by atoms with Crippen molar-refractivity contribution in [2.75, 3.05) is 0 Å². The molecule has 0 rings (SSSR count).